The van der Waals surface area contributed by atoms with Crippen molar-refractivity contribution in [1.82, 2.24) is 5.43 Å². The fourth-order valence-corrected chi connectivity index (χ4v) is 3.12. The molecule has 0 aliphatic heterocycles. The van der Waals surface area contributed by atoms with E-state index in [0.29, 0.717) is 5.75 Å². The summed E-state index contributed by atoms with van der Waals surface area (Å²) in [6.45, 7) is 1.87. The summed E-state index contributed by atoms with van der Waals surface area (Å²) < 4.78 is 6.10. The van der Waals surface area contributed by atoms with Crippen LogP contribution in [0.4, 0.5) is 0 Å². The smallest absolute Gasteiger partial charge is 0.250 e. The molecule has 0 aromatic heterocycles. The molecule has 24 heavy (non-hydrogen) atoms. The first kappa shape index (κ1) is 18.5. The highest BCUT2D eigenvalue weighted by Crippen LogP contribution is 2.16. The van der Waals surface area contributed by atoms with E-state index in [1.54, 1.807) is 18.9 Å². The molecule has 6 heteroatoms. The van der Waals surface area contributed by atoms with Crippen molar-refractivity contribution >= 4 is 39.3 Å². The standard InChI is InChI=1S/C18H19BrN2O2S/c1-13(15-4-3-5-16(19)10-15)20-21-18(22)12-24-11-14-6-8-17(23-2)9-7-14/h3-10H,11-12H2,1-2H3,(H,21,22)/b20-13-. The van der Waals surface area contributed by atoms with Gasteiger partial charge in [-0.05, 0) is 42.3 Å². The third kappa shape index (κ3) is 6.02. The van der Waals surface area contributed by atoms with Crippen LogP contribution < -0.4 is 10.2 Å². The monoisotopic (exact) mass is 406 g/mol. The fourth-order valence-electron chi connectivity index (χ4n) is 1.94. The molecule has 1 N–H and O–H groups in total. The van der Waals surface area contributed by atoms with Crippen LogP contribution in [0, 0.1) is 0 Å². The predicted molar refractivity (Wildman–Crippen MR) is 104 cm³/mol. The molecular weight excluding hydrogens is 388 g/mol. The maximum atomic E-state index is 11.9. The van der Waals surface area contributed by atoms with Gasteiger partial charge in [0.15, 0.2) is 0 Å². The van der Waals surface area contributed by atoms with Crippen LogP contribution >= 0.6 is 27.7 Å². The first-order valence-corrected chi connectivity index (χ1v) is 9.33. The van der Waals surface area contributed by atoms with Gasteiger partial charge in [-0.2, -0.15) is 5.10 Å². The Balaban J connectivity index is 1.77. The zero-order valence-corrected chi connectivity index (χ0v) is 16.0. The minimum Gasteiger partial charge on any atom is -0.497 e. The lowest BCUT2D eigenvalue weighted by Gasteiger charge is -2.05. The van der Waals surface area contributed by atoms with Crippen LogP contribution in [-0.2, 0) is 10.5 Å². The Morgan fingerprint density at radius 1 is 1.25 bits per heavy atom. The number of ether oxygens (including phenoxy) is 1. The van der Waals surface area contributed by atoms with Gasteiger partial charge >= 0.3 is 0 Å². The topological polar surface area (TPSA) is 50.7 Å². The van der Waals surface area contributed by atoms with Crippen molar-refractivity contribution in [2.45, 2.75) is 12.7 Å². The number of amides is 1. The lowest BCUT2D eigenvalue weighted by atomic mass is 10.1. The van der Waals surface area contributed by atoms with Gasteiger partial charge in [0, 0.05) is 10.2 Å². The molecule has 2 rings (SSSR count). The number of hydrazone groups is 1. The van der Waals surface area contributed by atoms with E-state index >= 15 is 0 Å². The third-order valence-corrected chi connectivity index (χ3v) is 4.75. The summed E-state index contributed by atoms with van der Waals surface area (Å²) in [4.78, 5) is 11.9. The zero-order valence-electron chi connectivity index (χ0n) is 13.6. The number of rotatable bonds is 7. The summed E-state index contributed by atoms with van der Waals surface area (Å²) in [5.74, 6) is 1.86. The van der Waals surface area contributed by atoms with E-state index in [-0.39, 0.29) is 5.91 Å². The van der Waals surface area contributed by atoms with Crippen LogP contribution in [0.2, 0.25) is 0 Å². The van der Waals surface area contributed by atoms with E-state index < -0.39 is 0 Å². The van der Waals surface area contributed by atoms with Crippen LogP contribution in [0.5, 0.6) is 5.75 Å². The molecule has 2 aromatic carbocycles. The van der Waals surface area contributed by atoms with Crippen molar-refractivity contribution in [1.29, 1.82) is 0 Å². The lowest BCUT2D eigenvalue weighted by molar-refractivity contribution is -0.118. The SMILES string of the molecule is COc1ccc(CSCC(=O)N/N=C(/C)c2cccc(Br)c2)cc1. The van der Waals surface area contributed by atoms with Crippen molar-refractivity contribution in [3.8, 4) is 5.75 Å². The fraction of sp³-hybridized carbons (Fsp3) is 0.222. The van der Waals surface area contributed by atoms with E-state index in [1.165, 1.54) is 0 Å². The van der Waals surface area contributed by atoms with Gasteiger partial charge in [-0.3, -0.25) is 4.79 Å². The summed E-state index contributed by atoms with van der Waals surface area (Å²) >= 11 is 4.97. The molecule has 0 spiro atoms. The number of halogens is 1. The number of benzene rings is 2. The van der Waals surface area contributed by atoms with E-state index in [2.05, 4.69) is 26.5 Å². The summed E-state index contributed by atoms with van der Waals surface area (Å²) in [7, 11) is 1.64. The maximum absolute atomic E-state index is 11.9. The summed E-state index contributed by atoms with van der Waals surface area (Å²) in [6, 6.07) is 15.6. The van der Waals surface area contributed by atoms with Crippen LogP contribution in [0.3, 0.4) is 0 Å². The van der Waals surface area contributed by atoms with Crippen LogP contribution in [0.15, 0.2) is 58.1 Å². The average molecular weight is 407 g/mol. The molecule has 0 unspecified atom stereocenters. The van der Waals surface area contributed by atoms with Crippen LogP contribution in [0.1, 0.15) is 18.1 Å². The first-order valence-electron chi connectivity index (χ1n) is 7.38. The number of methoxy groups -OCH3 is 1. The number of carbonyl (C=O) groups is 1. The van der Waals surface area contributed by atoms with Gasteiger partial charge in [0.1, 0.15) is 5.75 Å². The highest BCUT2D eigenvalue weighted by molar-refractivity contribution is 9.10. The van der Waals surface area contributed by atoms with Crippen LogP contribution in [0.25, 0.3) is 0 Å². The first-order chi connectivity index (χ1) is 11.6. The molecule has 0 bridgehead atoms. The third-order valence-electron chi connectivity index (χ3n) is 3.25. The normalized spacial score (nSPS) is 11.2. The van der Waals surface area contributed by atoms with E-state index in [0.717, 1.165) is 32.8 Å². The summed E-state index contributed by atoms with van der Waals surface area (Å²) in [5.41, 5.74) is 5.49. The second kappa shape index (κ2) is 9.49. The van der Waals surface area contributed by atoms with Gasteiger partial charge in [-0.15, -0.1) is 11.8 Å². The van der Waals surface area contributed by atoms with Gasteiger partial charge in [-0.1, -0.05) is 40.2 Å². The molecule has 2 aromatic rings. The Hall–Kier alpha value is -1.79. The number of hydrogen-bond acceptors (Lipinski definition) is 4. The minimum absolute atomic E-state index is 0.108. The van der Waals surface area contributed by atoms with Crippen molar-refractivity contribution in [3.63, 3.8) is 0 Å². The molecule has 0 saturated heterocycles. The van der Waals surface area contributed by atoms with Crippen molar-refractivity contribution in [2.75, 3.05) is 12.9 Å². The minimum atomic E-state index is -0.108. The summed E-state index contributed by atoms with van der Waals surface area (Å²) in [6.07, 6.45) is 0. The molecule has 0 heterocycles. The highest BCUT2D eigenvalue weighted by Gasteiger charge is 2.03. The second-order valence-corrected chi connectivity index (χ2v) is 6.98. The summed E-state index contributed by atoms with van der Waals surface area (Å²) in [5, 5.41) is 4.15. The van der Waals surface area contributed by atoms with E-state index in [9.17, 15) is 4.79 Å². The van der Waals surface area contributed by atoms with Gasteiger partial charge in [0.25, 0.3) is 0 Å². The Kier molecular flexibility index (Phi) is 7.34. The van der Waals surface area contributed by atoms with Gasteiger partial charge in [0.2, 0.25) is 5.91 Å². The Morgan fingerprint density at radius 3 is 2.67 bits per heavy atom. The molecule has 0 aliphatic carbocycles. The number of hydrogen-bond donors (Lipinski definition) is 1. The van der Waals surface area contributed by atoms with Gasteiger partial charge in [0.05, 0.1) is 18.6 Å². The largest absolute Gasteiger partial charge is 0.497 e. The molecule has 0 aliphatic rings. The quantitative estimate of drug-likeness (QED) is 0.552. The molecule has 0 saturated carbocycles. The average Bonchev–Trinajstić information content (AvgIpc) is 2.60. The predicted octanol–water partition coefficient (Wildman–Crippen LogP) is 4.23. The van der Waals surface area contributed by atoms with E-state index in [4.69, 9.17) is 4.74 Å². The molecule has 4 nitrogen and oxygen atoms in total. The second-order valence-electron chi connectivity index (χ2n) is 5.08. The number of thioether (sulfide) groups is 1. The number of carbonyl (C=O) groups excluding carboxylic acids is 1. The molecule has 0 fully saturated rings. The Morgan fingerprint density at radius 2 is 2.00 bits per heavy atom. The zero-order chi connectivity index (χ0) is 17.4. The maximum Gasteiger partial charge on any atom is 0.250 e. The van der Waals surface area contributed by atoms with Crippen molar-refractivity contribution < 1.29 is 9.53 Å². The Labute approximate surface area is 154 Å². The van der Waals surface area contributed by atoms with E-state index in [1.807, 2.05) is 55.5 Å². The van der Waals surface area contributed by atoms with Gasteiger partial charge in [-0.25, -0.2) is 5.43 Å². The number of nitrogens with one attached hydrogen (secondary N) is 1. The van der Waals surface area contributed by atoms with Crippen LogP contribution in [-0.4, -0.2) is 24.5 Å². The van der Waals surface area contributed by atoms with Gasteiger partial charge < -0.3 is 4.74 Å². The lowest BCUT2D eigenvalue weighted by Crippen LogP contribution is -2.21. The number of nitrogens with zero attached hydrogens (tertiary/aromatic N) is 1. The molecule has 126 valence electrons. The van der Waals surface area contributed by atoms with Crippen molar-refractivity contribution in [3.05, 3.63) is 64.1 Å². The highest BCUT2D eigenvalue weighted by atomic mass is 79.9. The Bertz CT molecular complexity index is 717. The molecular formula is C18H19BrN2O2S. The molecule has 0 atom stereocenters. The molecule has 0 radical (unpaired) electrons. The molecule has 1 amide bonds. The van der Waals surface area contributed by atoms with Crippen molar-refractivity contribution in [2.24, 2.45) is 5.10 Å².